The highest BCUT2D eigenvalue weighted by Gasteiger charge is 2.15. The molecule has 5 nitrogen and oxygen atoms in total. The lowest BCUT2D eigenvalue weighted by atomic mass is 10.1. The number of halogens is 1. The van der Waals surface area contributed by atoms with Crippen LogP contribution in [0.5, 0.6) is 0 Å². The Morgan fingerprint density at radius 3 is 1.97 bits per heavy atom. The van der Waals surface area contributed by atoms with E-state index in [9.17, 15) is 17.6 Å². The summed E-state index contributed by atoms with van der Waals surface area (Å²) in [6, 6.07) is 18.6. The predicted octanol–water partition coefficient (Wildman–Crippen LogP) is 5.07. The van der Waals surface area contributed by atoms with Crippen LogP contribution in [0.4, 0.5) is 10.1 Å². The number of anilines is 1. The number of rotatable bonds is 8. The van der Waals surface area contributed by atoms with E-state index in [4.69, 9.17) is 0 Å². The Kier molecular flexibility index (Phi) is 7.07. The third-order valence-electron chi connectivity index (χ3n) is 4.75. The van der Waals surface area contributed by atoms with E-state index in [2.05, 4.69) is 23.9 Å². The number of sulfonamides is 1. The van der Waals surface area contributed by atoms with Gasteiger partial charge in [0.25, 0.3) is 15.9 Å². The minimum absolute atomic E-state index is 0.105. The average Bonchev–Trinajstić information content (AvgIpc) is 2.74. The van der Waals surface area contributed by atoms with Crippen molar-refractivity contribution in [2.75, 3.05) is 11.3 Å². The lowest BCUT2D eigenvalue weighted by molar-refractivity contribution is 0.0952. The molecule has 3 aromatic carbocycles. The molecular weight excluding hydrogens is 415 g/mol. The first-order chi connectivity index (χ1) is 14.7. The summed E-state index contributed by atoms with van der Waals surface area (Å²) in [6.07, 6.45) is 0.892. The third kappa shape index (κ3) is 6.15. The van der Waals surface area contributed by atoms with Gasteiger partial charge in [-0.2, -0.15) is 0 Å². The van der Waals surface area contributed by atoms with Gasteiger partial charge in [-0.15, -0.1) is 0 Å². The standard InChI is InChI=1S/C24H25FN2O3S/c1-17(2)15-16-26-24(28)20-5-11-22(12-6-20)27-31(29,30)23-13-7-19(8-14-23)18-3-9-21(25)10-4-18/h3-14,17,27H,15-16H2,1-2H3,(H,26,28). The number of carbonyl (C=O) groups excluding carboxylic acids is 1. The van der Waals surface area contributed by atoms with Crippen LogP contribution in [0.15, 0.2) is 77.7 Å². The van der Waals surface area contributed by atoms with Crippen molar-refractivity contribution in [3.05, 3.63) is 84.2 Å². The molecule has 2 N–H and O–H groups in total. The molecule has 3 rings (SSSR count). The van der Waals surface area contributed by atoms with Crippen molar-refractivity contribution in [1.29, 1.82) is 0 Å². The Morgan fingerprint density at radius 2 is 1.42 bits per heavy atom. The van der Waals surface area contributed by atoms with E-state index in [0.29, 0.717) is 23.7 Å². The summed E-state index contributed by atoms with van der Waals surface area (Å²) in [4.78, 5) is 12.2. The number of hydrogen-bond donors (Lipinski definition) is 2. The van der Waals surface area contributed by atoms with Crippen LogP contribution in [0.2, 0.25) is 0 Å². The minimum Gasteiger partial charge on any atom is -0.352 e. The molecule has 1 amide bonds. The molecule has 0 fully saturated rings. The van der Waals surface area contributed by atoms with Crippen molar-refractivity contribution in [3.8, 4) is 11.1 Å². The quantitative estimate of drug-likeness (QED) is 0.514. The summed E-state index contributed by atoms with van der Waals surface area (Å²) in [7, 11) is -3.79. The summed E-state index contributed by atoms with van der Waals surface area (Å²) in [5.41, 5.74) is 2.41. The van der Waals surface area contributed by atoms with E-state index >= 15 is 0 Å². The molecule has 0 spiro atoms. The molecular formula is C24H25FN2O3S. The van der Waals surface area contributed by atoms with E-state index in [1.54, 1.807) is 48.5 Å². The SMILES string of the molecule is CC(C)CCNC(=O)c1ccc(NS(=O)(=O)c2ccc(-c3ccc(F)cc3)cc2)cc1. The molecule has 0 saturated carbocycles. The maximum absolute atomic E-state index is 13.1. The normalized spacial score (nSPS) is 11.4. The Balaban J connectivity index is 1.66. The second-order valence-electron chi connectivity index (χ2n) is 7.65. The van der Waals surface area contributed by atoms with Crippen LogP contribution in [-0.4, -0.2) is 20.9 Å². The number of benzene rings is 3. The second-order valence-corrected chi connectivity index (χ2v) is 9.33. The van der Waals surface area contributed by atoms with Crippen molar-refractivity contribution in [1.82, 2.24) is 5.32 Å². The molecule has 0 aliphatic carbocycles. The fraction of sp³-hybridized carbons (Fsp3) is 0.208. The van der Waals surface area contributed by atoms with Gasteiger partial charge in [-0.3, -0.25) is 9.52 Å². The van der Waals surface area contributed by atoms with Gasteiger partial charge in [-0.05, 0) is 72.0 Å². The molecule has 0 aliphatic heterocycles. The molecule has 0 atom stereocenters. The third-order valence-corrected chi connectivity index (χ3v) is 6.15. The van der Waals surface area contributed by atoms with Gasteiger partial charge in [-0.25, -0.2) is 12.8 Å². The summed E-state index contributed by atoms with van der Waals surface area (Å²) >= 11 is 0. The van der Waals surface area contributed by atoms with Crippen LogP contribution < -0.4 is 10.0 Å². The van der Waals surface area contributed by atoms with Gasteiger partial charge >= 0.3 is 0 Å². The van der Waals surface area contributed by atoms with Gasteiger partial charge in [0.1, 0.15) is 5.82 Å². The number of hydrogen-bond acceptors (Lipinski definition) is 3. The fourth-order valence-electron chi connectivity index (χ4n) is 2.95. The molecule has 0 saturated heterocycles. The zero-order valence-electron chi connectivity index (χ0n) is 17.4. The maximum atomic E-state index is 13.1. The van der Waals surface area contributed by atoms with Crippen molar-refractivity contribution < 1.29 is 17.6 Å². The zero-order valence-corrected chi connectivity index (χ0v) is 18.2. The maximum Gasteiger partial charge on any atom is 0.261 e. The molecule has 0 bridgehead atoms. The van der Waals surface area contributed by atoms with Crippen LogP contribution >= 0.6 is 0 Å². The molecule has 0 heterocycles. The Labute approximate surface area is 182 Å². The Bertz CT molecular complexity index is 1120. The van der Waals surface area contributed by atoms with E-state index in [1.165, 1.54) is 24.3 Å². The first kappa shape index (κ1) is 22.5. The molecule has 3 aromatic rings. The Hall–Kier alpha value is -3.19. The molecule has 0 radical (unpaired) electrons. The van der Waals surface area contributed by atoms with E-state index < -0.39 is 10.0 Å². The summed E-state index contributed by atoms with van der Waals surface area (Å²) in [6.45, 7) is 4.77. The predicted molar refractivity (Wildman–Crippen MR) is 121 cm³/mol. The highest BCUT2D eigenvalue weighted by Crippen LogP contribution is 2.23. The molecule has 7 heteroatoms. The van der Waals surface area contributed by atoms with Gasteiger partial charge in [0.05, 0.1) is 4.90 Å². The number of nitrogens with one attached hydrogen (secondary N) is 2. The van der Waals surface area contributed by atoms with Crippen molar-refractivity contribution in [3.63, 3.8) is 0 Å². The second kappa shape index (κ2) is 9.75. The molecule has 0 aromatic heterocycles. The lowest BCUT2D eigenvalue weighted by Crippen LogP contribution is -2.25. The summed E-state index contributed by atoms with van der Waals surface area (Å²) in [5.74, 6) is -0.0144. The molecule has 0 unspecified atom stereocenters. The van der Waals surface area contributed by atoms with E-state index in [0.717, 1.165) is 17.5 Å². The molecule has 31 heavy (non-hydrogen) atoms. The topological polar surface area (TPSA) is 75.3 Å². The monoisotopic (exact) mass is 440 g/mol. The van der Waals surface area contributed by atoms with E-state index in [1.807, 2.05) is 0 Å². The lowest BCUT2D eigenvalue weighted by Gasteiger charge is -2.10. The van der Waals surface area contributed by atoms with Gasteiger partial charge in [-0.1, -0.05) is 38.1 Å². The van der Waals surface area contributed by atoms with Crippen molar-refractivity contribution >= 4 is 21.6 Å². The Morgan fingerprint density at radius 1 is 0.871 bits per heavy atom. The first-order valence-electron chi connectivity index (χ1n) is 10.0. The van der Waals surface area contributed by atoms with Crippen LogP contribution in [0, 0.1) is 11.7 Å². The van der Waals surface area contributed by atoms with Crippen molar-refractivity contribution in [2.24, 2.45) is 5.92 Å². The average molecular weight is 441 g/mol. The van der Waals surface area contributed by atoms with E-state index in [-0.39, 0.29) is 16.6 Å². The number of carbonyl (C=O) groups is 1. The zero-order chi connectivity index (χ0) is 22.4. The largest absolute Gasteiger partial charge is 0.352 e. The smallest absolute Gasteiger partial charge is 0.261 e. The fourth-order valence-corrected chi connectivity index (χ4v) is 4.01. The molecule has 0 aliphatic rings. The minimum atomic E-state index is -3.79. The first-order valence-corrected chi connectivity index (χ1v) is 11.5. The van der Waals surface area contributed by atoms with Gasteiger partial charge in [0.15, 0.2) is 0 Å². The summed E-state index contributed by atoms with van der Waals surface area (Å²) < 4.78 is 40.9. The highest BCUT2D eigenvalue weighted by molar-refractivity contribution is 7.92. The highest BCUT2D eigenvalue weighted by atomic mass is 32.2. The van der Waals surface area contributed by atoms with Gasteiger partial charge in [0, 0.05) is 17.8 Å². The van der Waals surface area contributed by atoms with Crippen LogP contribution in [0.1, 0.15) is 30.6 Å². The van der Waals surface area contributed by atoms with Crippen LogP contribution in [0.25, 0.3) is 11.1 Å². The van der Waals surface area contributed by atoms with Crippen LogP contribution in [-0.2, 0) is 10.0 Å². The van der Waals surface area contributed by atoms with Gasteiger partial charge < -0.3 is 5.32 Å². The number of amides is 1. The van der Waals surface area contributed by atoms with Crippen LogP contribution in [0.3, 0.4) is 0 Å². The summed E-state index contributed by atoms with van der Waals surface area (Å²) in [5, 5.41) is 2.85. The molecule has 162 valence electrons. The van der Waals surface area contributed by atoms with Crippen molar-refractivity contribution in [2.45, 2.75) is 25.2 Å². The van der Waals surface area contributed by atoms with Gasteiger partial charge in [0.2, 0.25) is 0 Å².